The van der Waals surface area contributed by atoms with Gasteiger partial charge in [0.2, 0.25) is 0 Å². The first kappa shape index (κ1) is 15.8. The Balaban J connectivity index is 1.90. The molecule has 0 radical (unpaired) electrons. The van der Waals surface area contributed by atoms with Gasteiger partial charge in [-0.2, -0.15) is 0 Å². The van der Waals surface area contributed by atoms with Gasteiger partial charge in [0, 0.05) is 12.2 Å². The molecule has 23 heavy (non-hydrogen) atoms. The lowest BCUT2D eigenvalue weighted by molar-refractivity contribution is 0.0601. The summed E-state index contributed by atoms with van der Waals surface area (Å²) in [5.74, 6) is -0.750. The predicted molar refractivity (Wildman–Crippen MR) is 88.5 cm³/mol. The maximum absolute atomic E-state index is 13.7. The van der Waals surface area contributed by atoms with Crippen LogP contribution >= 0.6 is 11.6 Å². The molecule has 1 aliphatic rings. The average molecular weight is 334 g/mol. The topological polar surface area (TPSA) is 29.5 Å². The summed E-state index contributed by atoms with van der Waals surface area (Å²) in [6, 6.07) is 12.2. The maximum Gasteiger partial charge on any atom is 0.337 e. The SMILES string of the molecule is COC(=O)c1ccc(N2CCCC2c2cccc(F)c2Cl)cc1. The van der Waals surface area contributed by atoms with E-state index in [1.165, 1.54) is 13.2 Å². The van der Waals surface area contributed by atoms with Crippen LogP contribution in [0.25, 0.3) is 0 Å². The highest BCUT2D eigenvalue weighted by molar-refractivity contribution is 6.31. The number of hydrogen-bond donors (Lipinski definition) is 0. The third kappa shape index (κ3) is 3.04. The molecule has 5 heteroatoms. The molecule has 1 heterocycles. The van der Waals surface area contributed by atoms with Gasteiger partial charge in [0.25, 0.3) is 0 Å². The minimum Gasteiger partial charge on any atom is -0.465 e. The van der Waals surface area contributed by atoms with Crippen LogP contribution in [0.2, 0.25) is 5.02 Å². The van der Waals surface area contributed by atoms with E-state index in [0.717, 1.165) is 30.6 Å². The van der Waals surface area contributed by atoms with Crippen LogP contribution in [0.4, 0.5) is 10.1 Å². The second-order valence-electron chi connectivity index (χ2n) is 5.53. The molecular weight excluding hydrogens is 317 g/mol. The van der Waals surface area contributed by atoms with Gasteiger partial charge < -0.3 is 9.64 Å². The standard InChI is InChI=1S/C18H17ClFNO2/c1-23-18(22)12-7-9-13(10-8-12)21-11-3-6-16(21)14-4-2-5-15(20)17(14)19/h2,4-5,7-10,16H,3,6,11H2,1H3. The Morgan fingerprint density at radius 1 is 1.26 bits per heavy atom. The summed E-state index contributed by atoms with van der Waals surface area (Å²) < 4.78 is 18.5. The maximum atomic E-state index is 13.7. The Morgan fingerprint density at radius 3 is 2.70 bits per heavy atom. The minimum atomic E-state index is -0.392. The monoisotopic (exact) mass is 333 g/mol. The molecule has 2 aromatic rings. The van der Waals surface area contributed by atoms with Gasteiger partial charge in [-0.25, -0.2) is 9.18 Å². The van der Waals surface area contributed by atoms with E-state index in [9.17, 15) is 9.18 Å². The minimum absolute atomic E-state index is 0.0437. The lowest BCUT2D eigenvalue weighted by Crippen LogP contribution is -2.23. The quantitative estimate of drug-likeness (QED) is 0.768. The molecule has 0 amide bonds. The van der Waals surface area contributed by atoms with E-state index in [0.29, 0.717) is 5.56 Å². The molecular formula is C18H17ClFNO2. The van der Waals surface area contributed by atoms with Gasteiger partial charge >= 0.3 is 5.97 Å². The predicted octanol–water partition coefficient (Wildman–Crippen LogP) is 4.61. The molecule has 1 aliphatic heterocycles. The summed E-state index contributed by atoms with van der Waals surface area (Å²) in [5.41, 5.74) is 2.30. The molecule has 1 atom stereocenters. The molecule has 0 N–H and O–H groups in total. The molecule has 3 rings (SSSR count). The number of hydrogen-bond acceptors (Lipinski definition) is 3. The van der Waals surface area contributed by atoms with Gasteiger partial charge in [0.1, 0.15) is 5.82 Å². The lowest BCUT2D eigenvalue weighted by Gasteiger charge is -2.28. The molecule has 1 unspecified atom stereocenters. The Bertz CT molecular complexity index is 717. The van der Waals surface area contributed by atoms with Gasteiger partial charge in [0.15, 0.2) is 0 Å². The van der Waals surface area contributed by atoms with Crippen molar-refractivity contribution in [2.45, 2.75) is 18.9 Å². The number of benzene rings is 2. The Kier molecular flexibility index (Phi) is 4.53. The normalized spacial score (nSPS) is 17.3. The van der Waals surface area contributed by atoms with E-state index in [2.05, 4.69) is 4.90 Å². The molecule has 0 aliphatic carbocycles. The number of nitrogens with zero attached hydrogens (tertiary/aromatic N) is 1. The summed E-state index contributed by atoms with van der Waals surface area (Å²) in [7, 11) is 1.36. The number of carbonyl (C=O) groups is 1. The zero-order valence-corrected chi connectivity index (χ0v) is 13.5. The first-order valence-corrected chi connectivity index (χ1v) is 7.88. The van der Waals surface area contributed by atoms with E-state index in [1.807, 2.05) is 18.2 Å². The summed E-state index contributed by atoms with van der Waals surface area (Å²) in [6.07, 6.45) is 1.93. The Morgan fingerprint density at radius 2 is 2.00 bits per heavy atom. The highest BCUT2D eigenvalue weighted by Gasteiger charge is 2.28. The number of esters is 1. The Hall–Kier alpha value is -2.07. The van der Waals surface area contributed by atoms with Crippen LogP contribution < -0.4 is 4.90 Å². The number of halogens is 2. The fraction of sp³-hybridized carbons (Fsp3) is 0.278. The molecule has 0 spiro atoms. The van der Waals surface area contributed by atoms with Gasteiger partial charge in [0.05, 0.1) is 23.7 Å². The number of carbonyl (C=O) groups excluding carboxylic acids is 1. The number of methoxy groups -OCH3 is 1. The van der Waals surface area contributed by atoms with Crippen molar-refractivity contribution >= 4 is 23.3 Å². The number of anilines is 1. The van der Waals surface area contributed by atoms with Crippen LogP contribution in [0.5, 0.6) is 0 Å². The van der Waals surface area contributed by atoms with Crippen molar-refractivity contribution in [3.63, 3.8) is 0 Å². The third-order valence-electron chi connectivity index (χ3n) is 4.21. The molecule has 2 aromatic carbocycles. The Labute approximate surface area is 139 Å². The first-order chi connectivity index (χ1) is 11.1. The van der Waals surface area contributed by atoms with Gasteiger partial charge in [-0.05, 0) is 48.7 Å². The second-order valence-corrected chi connectivity index (χ2v) is 5.91. The van der Waals surface area contributed by atoms with Gasteiger partial charge in [-0.1, -0.05) is 23.7 Å². The fourth-order valence-electron chi connectivity index (χ4n) is 3.08. The molecule has 0 bridgehead atoms. The van der Waals surface area contributed by atoms with E-state index in [-0.39, 0.29) is 17.0 Å². The van der Waals surface area contributed by atoms with E-state index in [1.54, 1.807) is 18.2 Å². The van der Waals surface area contributed by atoms with Crippen LogP contribution in [0.3, 0.4) is 0 Å². The largest absolute Gasteiger partial charge is 0.465 e. The van der Waals surface area contributed by atoms with Crippen molar-refractivity contribution in [2.24, 2.45) is 0 Å². The van der Waals surface area contributed by atoms with Crippen LogP contribution in [0.15, 0.2) is 42.5 Å². The molecule has 3 nitrogen and oxygen atoms in total. The van der Waals surface area contributed by atoms with Crippen LogP contribution in [-0.2, 0) is 4.74 Å². The van der Waals surface area contributed by atoms with Crippen molar-refractivity contribution < 1.29 is 13.9 Å². The highest BCUT2D eigenvalue weighted by Crippen LogP contribution is 2.39. The summed E-state index contributed by atoms with van der Waals surface area (Å²) in [4.78, 5) is 13.7. The zero-order valence-electron chi connectivity index (χ0n) is 12.8. The summed E-state index contributed by atoms with van der Waals surface area (Å²) >= 11 is 6.15. The van der Waals surface area contributed by atoms with E-state index in [4.69, 9.17) is 16.3 Å². The molecule has 1 saturated heterocycles. The van der Waals surface area contributed by atoms with E-state index >= 15 is 0 Å². The fourth-order valence-corrected chi connectivity index (χ4v) is 3.34. The average Bonchev–Trinajstić information content (AvgIpc) is 3.06. The summed E-state index contributed by atoms with van der Waals surface area (Å²) in [5, 5.41) is 0.190. The molecule has 120 valence electrons. The van der Waals surface area contributed by atoms with Crippen molar-refractivity contribution in [3.8, 4) is 0 Å². The zero-order chi connectivity index (χ0) is 16.4. The van der Waals surface area contributed by atoms with Crippen LogP contribution in [0, 0.1) is 5.82 Å². The van der Waals surface area contributed by atoms with Crippen LogP contribution in [0.1, 0.15) is 34.8 Å². The molecule has 0 aromatic heterocycles. The lowest BCUT2D eigenvalue weighted by atomic mass is 10.0. The van der Waals surface area contributed by atoms with Crippen LogP contribution in [-0.4, -0.2) is 19.6 Å². The summed E-state index contributed by atoms with van der Waals surface area (Å²) in [6.45, 7) is 0.870. The van der Waals surface area contributed by atoms with Gasteiger partial charge in [-0.3, -0.25) is 0 Å². The number of ether oxygens (including phenoxy) is 1. The highest BCUT2D eigenvalue weighted by atomic mass is 35.5. The van der Waals surface area contributed by atoms with Gasteiger partial charge in [-0.15, -0.1) is 0 Å². The smallest absolute Gasteiger partial charge is 0.337 e. The van der Waals surface area contributed by atoms with Crippen molar-refractivity contribution in [3.05, 3.63) is 64.4 Å². The van der Waals surface area contributed by atoms with E-state index < -0.39 is 5.82 Å². The first-order valence-electron chi connectivity index (χ1n) is 7.50. The molecule has 0 saturated carbocycles. The van der Waals surface area contributed by atoms with Crippen molar-refractivity contribution in [1.82, 2.24) is 0 Å². The third-order valence-corrected chi connectivity index (χ3v) is 4.61. The van der Waals surface area contributed by atoms with Crippen molar-refractivity contribution in [2.75, 3.05) is 18.6 Å². The number of rotatable bonds is 3. The van der Waals surface area contributed by atoms with Crippen molar-refractivity contribution in [1.29, 1.82) is 0 Å². The second kappa shape index (κ2) is 6.59. The molecule has 1 fully saturated rings.